The van der Waals surface area contributed by atoms with Crippen molar-refractivity contribution < 1.29 is 19.1 Å². The summed E-state index contributed by atoms with van der Waals surface area (Å²) >= 11 is 12.4. The molecule has 0 radical (unpaired) electrons. The number of likely N-dealkylation sites (N-methyl/N-ethyl adjacent to an activating group) is 1. The molecule has 8 heteroatoms. The van der Waals surface area contributed by atoms with Gasteiger partial charge in [0.25, 0.3) is 0 Å². The summed E-state index contributed by atoms with van der Waals surface area (Å²) in [4.78, 5) is 30.0. The van der Waals surface area contributed by atoms with Gasteiger partial charge in [0.15, 0.2) is 0 Å². The van der Waals surface area contributed by atoms with E-state index in [2.05, 4.69) is 36.8 Å². The first kappa shape index (κ1) is 29.9. The predicted molar refractivity (Wildman–Crippen MR) is 156 cm³/mol. The van der Waals surface area contributed by atoms with Crippen LogP contribution in [0.4, 0.5) is 0 Å². The summed E-state index contributed by atoms with van der Waals surface area (Å²) in [5, 5.41) is 0.938. The van der Waals surface area contributed by atoms with Crippen LogP contribution in [0.1, 0.15) is 57.6 Å². The summed E-state index contributed by atoms with van der Waals surface area (Å²) in [6.07, 6.45) is 3.61. The van der Waals surface area contributed by atoms with Crippen molar-refractivity contribution in [1.82, 2.24) is 9.80 Å². The van der Waals surface area contributed by atoms with E-state index in [9.17, 15) is 9.59 Å². The van der Waals surface area contributed by atoms with Crippen LogP contribution in [-0.2, 0) is 26.2 Å². The van der Waals surface area contributed by atoms with Crippen LogP contribution in [0.3, 0.4) is 0 Å². The van der Waals surface area contributed by atoms with Crippen molar-refractivity contribution in [3.05, 3.63) is 63.6 Å². The molecule has 6 nitrogen and oxygen atoms in total. The van der Waals surface area contributed by atoms with Crippen LogP contribution in [0, 0.1) is 5.92 Å². The van der Waals surface area contributed by atoms with Crippen molar-refractivity contribution in [2.45, 2.75) is 69.9 Å². The molecule has 1 heterocycles. The first-order valence-electron chi connectivity index (χ1n) is 13.7. The maximum absolute atomic E-state index is 13.9. The highest BCUT2D eigenvalue weighted by atomic mass is 35.5. The van der Waals surface area contributed by atoms with Crippen LogP contribution < -0.4 is 4.74 Å². The van der Waals surface area contributed by atoms with Gasteiger partial charge in [-0.1, -0.05) is 55.2 Å². The largest absolute Gasteiger partial charge is 0.427 e. The van der Waals surface area contributed by atoms with Gasteiger partial charge < -0.3 is 19.3 Å². The summed E-state index contributed by atoms with van der Waals surface area (Å²) < 4.78 is 11.9. The van der Waals surface area contributed by atoms with Crippen LogP contribution in [0.15, 0.2) is 42.5 Å². The SMILES string of the molecule is CO[C@]12CC[C@H](N(CC(C)C)C(=O)Cc3ccc(Cl)c(Cl)c3)C[C@]1(c1cccc(OC(C)=O)c1)CCN(C)C2. The fourth-order valence-electron chi connectivity index (χ4n) is 6.74. The Morgan fingerprint density at radius 1 is 1.13 bits per heavy atom. The number of hydrogen-bond donors (Lipinski definition) is 0. The summed E-state index contributed by atoms with van der Waals surface area (Å²) in [7, 11) is 3.95. The number of carbonyl (C=O) groups excluding carboxylic acids is 2. The van der Waals surface area contributed by atoms with Gasteiger partial charge in [-0.2, -0.15) is 0 Å². The van der Waals surface area contributed by atoms with Gasteiger partial charge in [0.1, 0.15) is 5.75 Å². The molecule has 2 fully saturated rings. The topological polar surface area (TPSA) is 59.1 Å². The zero-order valence-electron chi connectivity index (χ0n) is 23.6. The lowest BCUT2D eigenvalue weighted by atomic mass is 9.55. The molecule has 0 unspecified atom stereocenters. The summed E-state index contributed by atoms with van der Waals surface area (Å²) in [5.41, 5.74) is 1.20. The molecule has 1 saturated carbocycles. The van der Waals surface area contributed by atoms with Gasteiger partial charge in [0.2, 0.25) is 5.91 Å². The molecule has 3 atom stereocenters. The van der Waals surface area contributed by atoms with Crippen molar-refractivity contribution in [1.29, 1.82) is 0 Å². The molecule has 2 aliphatic rings. The Hall–Kier alpha value is -2.12. The van der Waals surface area contributed by atoms with Gasteiger partial charge in [-0.15, -0.1) is 0 Å². The van der Waals surface area contributed by atoms with E-state index in [1.807, 2.05) is 31.4 Å². The van der Waals surface area contributed by atoms with Crippen molar-refractivity contribution in [3.63, 3.8) is 0 Å². The maximum Gasteiger partial charge on any atom is 0.308 e. The number of ether oxygens (including phenoxy) is 2. The van der Waals surface area contributed by atoms with E-state index in [1.165, 1.54) is 6.92 Å². The van der Waals surface area contributed by atoms with Crippen LogP contribution in [0.5, 0.6) is 5.75 Å². The third kappa shape index (κ3) is 6.30. The quantitative estimate of drug-likeness (QED) is 0.279. The van der Waals surface area contributed by atoms with Crippen LogP contribution in [0.25, 0.3) is 0 Å². The lowest BCUT2D eigenvalue weighted by Gasteiger charge is -2.60. The molecule has 212 valence electrons. The van der Waals surface area contributed by atoms with Crippen molar-refractivity contribution in [2.24, 2.45) is 5.92 Å². The lowest BCUT2D eigenvalue weighted by molar-refractivity contribution is -0.159. The monoisotopic (exact) mass is 574 g/mol. The molecule has 1 saturated heterocycles. The number of methoxy groups -OCH3 is 1. The Bertz CT molecular complexity index is 1200. The minimum absolute atomic E-state index is 0.0479. The molecule has 1 amide bonds. The maximum atomic E-state index is 13.9. The standard InChI is InChI=1S/C31H40Cl2N2O4/c1-21(2)19-35(29(37)16-23-9-10-27(32)28(33)15-23)25-11-12-31(38-5)20-34(4)14-13-30(31,18-25)24-7-6-8-26(17-24)39-22(3)36/h6-10,15,17,21,25H,11-14,16,18-20H2,1-5H3/t25-,30-,31-/m0/s1. The van der Waals surface area contributed by atoms with Gasteiger partial charge >= 0.3 is 5.97 Å². The summed E-state index contributed by atoms with van der Waals surface area (Å²) in [5.74, 6) is 0.602. The molecule has 0 N–H and O–H groups in total. The number of piperidine rings is 1. The zero-order chi connectivity index (χ0) is 28.4. The van der Waals surface area contributed by atoms with Gasteiger partial charge in [0, 0.05) is 38.6 Å². The molecular weight excluding hydrogens is 535 g/mol. The Labute approximate surface area is 242 Å². The number of nitrogens with zero attached hydrogens (tertiary/aromatic N) is 2. The second-order valence-electron chi connectivity index (χ2n) is 11.7. The van der Waals surface area contributed by atoms with Crippen LogP contribution in [-0.4, -0.2) is 67.1 Å². The van der Waals surface area contributed by atoms with E-state index in [0.717, 1.165) is 49.9 Å². The van der Waals surface area contributed by atoms with Crippen molar-refractivity contribution in [2.75, 3.05) is 33.8 Å². The van der Waals surface area contributed by atoms with E-state index in [0.29, 0.717) is 28.3 Å². The third-order valence-electron chi connectivity index (χ3n) is 8.48. The molecule has 1 aliphatic carbocycles. The molecule has 0 aromatic heterocycles. The number of esters is 1. The van der Waals surface area contributed by atoms with E-state index in [4.69, 9.17) is 32.7 Å². The number of halogens is 2. The third-order valence-corrected chi connectivity index (χ3v) is 9.22. The fraction of sp³-hybridized carbons (Fsp3) is 0.548. The second kappa shape index (κ2) is 12.2. The number of carbonyl (C=O) groups is 2. The smallest absolute Gasteiger partial charge is 0.308 e. The van der Waals surface area contributed by atoms with E-state index >= 15 is 0 Å². The lowest BCUT2D eigenvalue weighted by Crippen LogP contribution is -2.67. The predicted octanol–water partition coefficient (Wildman–Crippen LogP) is 6.16. The van der Waals surface area contributed by atoms with Crippen molar-refractivity contribution in [3.8, 4) is 5.75 Å². The van der Waals surface area contributed by atoms with Crippen molar-refractivity contribution >= 4 is 35.1 Å². The Kier molecular flexibility index (Phi) is 9.32. The average Bonchev–Trinajstić information content (AvgIpc) is 2.88. The molecule has 0 bridgehead atoms. The molecule has 2 aromatic carbocycles. The first-order valence-corrected chi connectivity index (χ1v) is 14.5. The normalized spacial score (nSPS) is 25.3. The molecule has 4 rings (SSSR count). The average molecular weight is 576 g/mol. The van der Waals surface area contributed by atoms with Gasteiger partial charge in [-0.25, -0.2) is 0 Å². The van der Waals surface area contributed by atoms with Crippen LogP contribution >= 0.6 is 23.2 Å². The minimum atomic E-state index is -0.415. The number of amides is 1. The van der Waals surface area contributed by atoms with Gasteiger partial charge in [0.05, 0.1) is 22.1 Å². The Balaban J connectivity index is 1.72. The molecule has 2 aromatic rings. The molecule has 0 spiro atoms. The fourth-order valence-corrected chi connectivity index (χ4v) is 7.06. The number of fused-ring (bicyclic) bond motifs is 1. The number of hydrogen-bond acceptors (Lipinski definition) is 5. The highest BCUT2D eigenvalue weighted by molar-refractivity contribution is 6.42. The highest BCUT2D eigenvalue weighted by Crippen LogP contribution is 2.54. The van der Waals surface area contributed by atoms with Crippen LogP contribution in [0.2, 0.25) is 10.0 Å². The number of rotatable bonds is 8. The first-order chi connectivity index (χ1) is 18.5. The minimum Gasteiger partial charge on any atom is -0.427 e. The summed E-state index contributed by atoms with van der Waals surface area (Å²) in [6.45, 7) is 8.10. The Morgan fingerprint density at radius 2 is 1.90 bits per heavy atom. The Morgan fingerprint density at radius 3 is 2.56 bits per heavy atom. The molecule has 1 aliphatic heterocycles. The van der Waals surface area contributed by atoms with E-state index < -0.39 is 5.60 Å². The number of benzene rings is 2. The zero-order valence-corrected chi connectivity index (χ0v) is 25.1. The summed E-state index contributed by atoms with van der Waals surface area (Å²) in [6, 6.07) is 13.3. The van der Waals surface area contributed by atoms with E-state index in [-0.39, 0.29) is 29.8 Å². The number of likely N-dealkylation sites (tertiary alicyclic amines) is 1. The molecule has 39 heavy (non-hydrogen) atoms. The molecular formula is C31H40Cl2N2O4. The second-order valence-corrected chi connectivity index (χ2v) is 12.5. The van der Waals surface area contributed by atoms with Gasteiger partial charge in [-0.3, -0.25) is 9.59 Å². The van der Waals surface area contributed by atoms with Gasteiger partial charge in [-0.05, 0) is 80.6 Å². The van der Waals surface area contributed by atoms with E-state index in [1.54, 1.807) is 12.1 Å². The highest BCUT2D eigenvalue weighted by Gasteiger charge is 2.59.